The van der Waals surface area contributed by atoms with Crippen LogP contribution in [0.15, 0.2) is 36.5 Å². The molecule has 0 radical (unpaired) electrons. The number of rotatable bonds is 51. The summed E-state index contributed by atoms with van der Waals surface area (Å²) in [6, 6.07) is -1.01. The Balaban J connectivity index is 3.69. The molecule has 63 heavy (non-hydrogen) atoms. The molecular formula is C57H109NO5. The summed E-state index contributed by atoms with van der Waals surface area (Å²) in [5.41, 5.74) is 0. The van der Waals surface area contributed by atoms with Gasteiger partial charge in [0.15, 0.2) is 0 Å². The molecule has 372 valence electrons. The van der Waals surface area contributed by atoms with Gasteiger partial charge in [-0.3, -0.25) is 4.79 Å². The Kier molecular flexibility index (Phi) is 50.3. The van der Waals surface area contributed by atoms with Crippen molar-refractivity contribution in [2.75, 3.05) is 6.61 Å². The summed E-state index contributed by atoms with van der Waals surface area (Å²) < 4.78 is 0. The van der Waals surface area contributed by atoms with E-state index in [9.17, 15) is 25.2 Å². The number of amides is 1. The summed E-state index contributed by atoms with van der Waals surface area (Å²) in [7, 11) is 0. The number of carbonyl (C=O) groups excluding carboxylic acids is 1. The van der Waals surface area contributed by atoms with Crippen LogP contribution < -0.4 is 5.32 Å². The van der Waals surface area contributed by atoms with Gasteiger partial charge < -0.3 is 25.7 Å². The molecule has 0 aliphatic rings. The molecule has 0 aromatic heterocycles. The monoisotopic (exact) mass is 888 g/mol. The minimum Gasteiger partial charge on any atom is -0.394 e. The lowest BCUT2D eigenvalue weighted by Crippen LogP contribution is -2.53. The van der Waals surface area contributed by atoms with Crippen LogP contribution in [0.4, 0.5) is 0 Å². The molecule has 0 aliphatic carbocycles. The van der Waals surface area contributed by atoms with Crippen LogP contribution in [0.25, 0.3) is 0 Å². The van der Waals surface area contributed by atoms with Crippen LogP contribution >= 0.6 is 0 Å². The summed E-state index contributed by atoms with van der Waals surface area (Å²) in [4.78, 5) is 12.6. The summed E-state index contributed by atoms with van der Waals surface area (Å²) in [6.45, 7) is 4.07. The summed E-state index contributed by atoms with van der Waals surface area (Å²) in [6.07, 6.45) is 63.5. The van der Waals surface area contributed by atoms with Gasteiger partial charge >= 0.3 is 0 Å². The van der Waals surface area contributed by atoms with Crippen molar-refractivity contribution in [2.45, 2.75) is 314 Å². The highest BCUT2D eigenvalue weighted by Gasteiger charge is 2.28. The van der Waals surface area contributed by atoms with Crippen LogP contribution in [0.1, 0.15) is 290 Å². The molecule has 0 saturated carbocycles. The number of aliphatic hydroxyl groups is 4. The largest absolute Gasteiger partial charge is 0.394 e. The third-order valence-electron chi connectivity index (χ3n) is 13.1. The predicted molar refractivity (Wildman–Crippen MR) is 274 cm³/mol. The van der Waals surface area contributed by atoms with Crippen molar-refractivity contribution in [1.29, 1.82) is 0 Å². The zero-order chi connectivity index (χ0) is 45.9. The van der Waals surface area contributed by atoms with Gasteiger partial charge in [0.05, 0.1) is 18.8 Å². The van der Waals surface area contributed by atoms with E-state index in [0.29, 0.717) is 19.3 Å². The normalized spacial score (nSPS) is 14.1. The highest BCUT2D eigenvalue weighted by atomic mass is 16.3. The molecule has 0 spiro atoms. The SMILES string of the molecule is CCCCCCCCCCCCCC/C=C\CCCCCCCCCCCC(O)C(=O)NC(CO)C(O)C(O)CCC/C=C/CC/C=C/CCCCCCCCCCCCCCC. The van der Waals surface area contributed by atoms with Gasteiger partial charge in [0, 0.05) is 0 Å². The first-order chi connectivity index (χ1) is 31.0. The van der Waals surface area contributed by atoms with Crippen LogP contribution in [-0.4, -0.2) is 57.3 Å². The minimum absolute atomic E-state index is 0.358. The van der Waals surface area contributed by atoms with E-state index < -0.39 is 36.9 Å². The summed E-state index contributed by atoms with van der Waals surface area (Å²) in [5.74, 6) is -0.596. The van der Waals surface area contributed by atoms with Crippen molar-refractivity contribution in [2.24, 2.45) is 0 Å². The van der Waals surface area contributed by atoms with E-state index in [0.717, 1.165) is 38.5 Å². The Morgan fingerprint density at radius 3 is 1.00 bits per heavy atom. The lowest BCUT2D eigenvalue weighted by Gasteiger charge is -2.27. The standard InChI is InChI=1S/C57H109NO5/c1-3-5-7-9-11-13-15-17-19-21-23-25-27-28-29-31-33-35-37-39-41-43-45-47-49-51-55(61)57(63)58-53(52-59)56(62)54(60)50-48-46-44-42-40-38-36-34-32-30-26-24-22-20-18-16-14-12-10-8-6-4-2/h28-29,34,36,42,44,53-56,59-62H,3-27,30-33,35,37-41,43,45-52H2,1-2H3,(H,58,63)/b29-28-,36-34+,44-42+. The van der Waals surface area contributed by atoms with Crippen molar-refractivity contribution in [3.63, 3.8) is 0 Å². The molecule has 4 unspecified atom stereocenters. The van der Waals surface area contributed by atoms with Crippen LogP contribution in [-0.2, 0) is 4.79 Å². The topological polar surface area (TPSA) is 110 Å². The highest BCUT2D eigenvalue weighted by Crippen LogP contribution is 2.17. The maximum atomic E-state index is 12.6. The van der Waals surface area contributed by atoms with Crippen LogP contribution in [0.3, 0.4) is 0 Å². The molecule has 0 bridgehead atoms. The fourth-order valence-corrected chi connectivity index (χ4v) is 8.65. The van der Waals surface area contributed by atoms with E-state index in [1.165, 1.54) is 218 Å². The molecule has 0 saturated heterocycles. The molecule has 0 fully saturated rings. The first kappa shape index (κ1) is 61.5. The number of hydrogen-bond acceptors (Lipinski definition) is 5. The van der Waals surface area contributed by atoms with E-state index >= 15 is 0 Å². The van der Waals surface area contributed by atoms with E-state index in [1.807, 2.05) is 0 Å². The van der Waals surface area contributed by atoms with Gasteiger partial charge in [0.25, 0.3) is 0 Å². The van der Waals surface area contributed by atoms with Gasteiger partial charge in [0.2, 0.25) is 5.91 Å². The van der Waals surface area contributed by atoms with Crippen molar-refractivity contribution in [1.82, 2.24) is 5.32 Å². The molecule has 6 nitrogen and oxygen atoms in total. The summed E-state index contributed by atoms with van der Waals surface area (Å²) >= 11 is 0. The third-order valence-corrected chi connectivity index (χ3v) is 13.1. The Bertz CT molecular complexity index is 997. The van der Waals surface area contributed by atoms with Gasteiger partial charge in [-0.1, -0.05) is 249 Å². The molecule has 0 aromatic rings. The number of hydrogen-bond donors (Lipinski definition) is 5. The second-order valence-corrected chi connectivity index (χ2v) is 19.3. The first-order valence-electron chi connectivity index (χ1n) is 27.9. The van der Waals surface area contributed by atoms with Gasteiger partial charge in [-0.05, 0) is 77.0 Å². The van der Waals surface area contributed by atoms with Crippen molar-refractivity contribution < 1.29 is 25.2 Å². The summed E-state index contributed by atoms with van der Waals surface area (Å²) in [5, 5.41) is 43.9. The zero-order valence-corrected chi connectivity index (χ0v) is 42.1. The maximum Gasteiger partial charge on any atom is 0.249 e. The van der Waals surface area contributed by atoms with E-state index in [2.05, 4.69) is 55.6 Å². The number of nitrogens with one attached hydrogen (secondary N) is 1. The second kappa shape index (κ2) is 51.5. The van der Waals surface area contributed by atoms with Crippen molar-refractivity contribution in [3.05, 3.63) is 36.5 Å². The molecule has 0 aliphatic heterocycles. The van der Waals surface area contributed by atoms with Gasteiger partial charge in [-0.15, -0.1) is 0 Å². The van der Waals surface area contributed by atoms with E-state index in [1.54, 1.807) is 0 Å². The third kappa shape index (κ3) is 45.5. The first-order valence-corrected chi connectivity index (χ1v) is 27.9. The fraction of sp³-hybridized carbons (Fsp3) is 0.877. The Morgan fingerprint density at radius 2 is 0.667 bits per heavy atom. The quantitative estimate of drug-likeness (QED) is 0.0309. The number of carbonyl (C=O) groups is 1. The Morgan fingerprint density at radius 1 is 0.381 bits per heavy atom. The molecule has 0 heterocycles. The van der Waals surface area contributed by atoms with E-state index in [-0.39, 0.29) is 0 Å². The average molecular weight is 889 g/mol. The smallest absolute Gasteiger partial charge is 0.249 e. The molecule has 6 heteroatoms. The van der Waals surface area contributed by atoms with Crippen LogP contribution in [0.2, 0.25) is 0 Å². The predicted octanol–water partition coefficient (Wildman–Crippen LogP) is 16.0. The van der Waals surface area contributed by atoms with Crippen molar-refractivity contribution in [3.8, 4) is 0 Å². The highest BCUT2D eigenvalue weighted by molar-refractivity contribution is 5.80. The zero-order valence-electron chi connectivity index (χ0n) is 42.1. The second-order valence-electron chi connectivity index (χ2n) is 19.3. The fourth-order valence-electron chi connectivity index (χ4n) is 8.65. The van der Waals surface area contributed by atoms with Crippen LogP contribution in [0.5, 0.6) is 0 Å². The molecule has 0 rings (SSSR count). The Labute approximate surface area is 392 Å². The average Bonchev–Trinajstić information content (AvgIpc) is 3.29. The van der Waals surface area contributed by atoms with Crippen molar-refractivity contribution >= 4 is 5.91 Å². The number of unbranched alkanes of at least 4 members (excludes halogenated alkanes) is 36. The number of aliphatic hydroxyl groups excluding tert-OH is 4. The molecular weight excluding hydrogens is 779 g/mol. The van der Waals surface area contributed by atoms with Gasteiger partial charge in [-0.2, -0.15) is 0 Å². The molecule has 5 N–H and O–H groups in total. The maximum absolute atomic E-state index is 12.6. The Hall–Kier alpha value is -1.47. The van der Waals surface area contributed by atoms with Crippen LogP contribution in [0, 0.1) is 0 Å². The molecule has 0 aromatic carbocycles. The van der Waals surface area contributed by atoms with Gasteiger partial charge in [0.1, 0.15) is 12.2 Å². The lowest BCUT2D eigenvalue weighted by molar-refractivity contribution is -0.132. The lowest BCUT2D eigenvalue weighted by atomic mass is 10.00. The molecule has 4 atom stereocenters. The van der Waals surface area contributed by atoms with E-state index in [4.69, 9.17) is 0 Å². The molecule has 1 amide bonds. The number of allylic oxidation sites excluding steroid dienone is 6. The van der Waals surface area contributed by atoms with Gasteiger partial charge in [-0.25, -0.2) is 0 Å². The minimum atomic E-state index is -1.29.